The summed E-state index contributed by atoms with van der Waals surface area (Å²) in [6.07, 6.45) is 2.44. The van der Waals surface area contributed by atoms with Gasteiger partial charge in [0.25, 0.3) is 5.91 Å². The number of hydrogen-bond acceptors (Lipinski definition) is 5. The Kier molecular flexibility index (Phi) is 7.00. The second-order valence-corrected chi connectivity index (χ2v) is 11.1. The van der Waals surface area contributed by atoms with E-state index in [0.717, 1.165) is 22.6 Å². The average molecular weight is 492 g/mol. The van der Waals surface area contributed by atoms with E-state index in [0.29, 0.717) is 18.5 Å². The lowest BCUT2D eigenvalue weighted by atomic mass is 9.87. The van der Waals surface area contributed by atoms with Crippen LogP contribution >= 0.6 is 0 Å². The molecule has 8 nitrogen and oxygen atoms in total. The topological polar surface area (TPSA) is 105 Å². The molecule has 0 saturated carbocycles. The molecule has 0 unspecified atom stereocenters. The molecule has 182 valence electrons. The van der Waals surface area contributed by atoms with Crippen molar-refractivity contribution in [1.29, 1.82) is 0 Å². The largest absolute Gasteiger partial charge is 0.352 e. The lowest BCUT2D eigenvalue weighted by Gasteiger charge is -2.19. The maximum Gasteiger partial charge on any atom is 0.251 e. The van der Waals surface area contributed by atoms with Crippen LogP contribution in [0.15, 0.2) is 77.8 Å². The molecule has 9 heteroatoms. The Bertz CT molecular complexity index is 1420. The summed E-state index contributed by atoms with van der Waals surface area (Å²) in [5.41, 5.74) is 3.04. The van der Waals surface area contributed by atoms with Gasteiger partial charge in [0.2, 0.25) is 10.0 Å². The van der Waals surface area contributed by atoms with Gasteiger partial charge >= 0.3 is 0 Å². The zero-order chi connectivity index (χ0) is 25.1. The number of pyridine rings is 1. The SMILES string of the molecule is CC(C)(C)c1ccc(S(=O)(=O)NCc2ccc(C(=O)NCCc3nnc4ccccn34)cc2)cc1. The van der Waals surface area contributed by atoms with Crippen molar-refractivity contribution in [2.75, 3.05) is 6.54 Å². The van der Waals surface area contributed by atoms with Crippen molar-refractivity contribution in [2.45, 2.75) is 44.0 Å². The third kappa shape index (κ3) is 5.93. The van der Waals surface area contributed by atoms with E-state index >= 15 is 0 Å². The van der Waals surface area contributed by atoms with Crippen LogP contribution in [0.5, 0.6) is 0 Å². The summed E-state index contributed by atoms with van der Waals surface area (Å²) in [5, 5.41) is 11.1. The summed E-state index contributed by atoms with van der Waals surface area (Å²) in [7, 11) is -3.64. The van der Waals surface area contributed by atoms with E-state index in [1.165, 1.54) is 0 Å². The molecule has 0 fully saturated rings. The van der Waals surface area contributed by atoms with Gasteiger partial charge in [-0.1, -0.05) is 51.1 Å². The molecule has 2 heterocycles. The number of sulfonamides is 1. The van der Waals surface area contributed by atoms with Gasteiger partial charge in [0.1, 0.15) is 5.82 Å². The molecule has 4 aromatic rings. The van der Waals surface area contributed by atoms with Crippen molar-refractivity contribution in [3.8, 4) is 0 Å². The molecule has 2 aromatic carbocycles. The van der Waals surface area contributed by atoms with Crippen LogP contribution in [0.3, 0.4) is 0 Å². The van der Waals surface area contributed by atoms with Gasteiger partial charge < -0.3 is 5.32 Å². The molecule has 0 aliphatic carbocycles. The van der Waals surface area contributed by atoms with Crippen molar-refractivity contribution < 1.29 is 13.2 Å². The molecule has 35 heavy (non-hydrogen) atoms. The Hall–Kier alpha value is -3.56. The number of fused-ring (bicyclic) bond motifs is 1. The molecule has 2 aromatic heterocycles. The normalized spacial score (nSPS) is 12.1. The van der Waals surface area contributed by atoms with Gasteiger partial charge in [-0.2, -0.15) is 0 Å². The summed E-state index contributed by atoms with van der Waals surface area (Å²) < 4.78 is 29.8. The molecule has 2 N–H and O–H groups in total. The van der Waals surface area contributed by atoms with Crippen LogP contribution in [0, 0.1) is 0 Å². The first kappa shape index (κ1) is 24.6. The number of hydrogen-bond donors (Lipinski definition) is 2. The monoisotopic (exact) mass is 491 g/mol. The number of nitrogens with one attached hydrogen (secondary N) is 2. The first-order valence-corrected chi connectivity index (χ1v) is 12.9. The average Bonchev–Trinajstić information content (AvgIpc) is 3.26. The van der Waals surface area contributed by atoms with Crippen LogP contribution in [-0.4, -0.2) is 35.5 Å². The number of carbonyl (C=O) groups excluding carboxylic acids is 1. The molecule has 0 atom stereocenters. The van der Waals surface area contributed by atoms with E-state index in [4.69, 9.17) is 0 Å². The summed E-state index contributed by atoms with van der Waals surface area (Å²) in [4.78, 5) is 12.7. The highest BCUT2D eigenvalue weighted by Gasteiger charge is 2.17. The van der Waals surface area contributed by atoms with E-state index < -0.39 is 10.0 Å². The van der Waals surface area contributed by atoms with E-state index in [1.54, 1.807) is 36.4 Å². The van der Waals surface area contributed by atoms with Gasteiger partial charge in [-0.05, 0) is 52.9 Å². The highest BCUT2D eigenvalue weighted by atomic mass is 32.2. The predicted molar refractivity (Wildman–Crippen MR) is 135 cm³/mol. The van der Waals surface area contributed by atoms with Crippen LogP contribution in [0.4, 0.5) is 0 Å². The van der Waals surface area contributed by atoms with Crippen molar-refractivity contribution >= 4 is 21.6 Å². The number of aromatic nitrogens is 3. The smallest absolute Gasteiger partial charge is 0.251 e. The Labute approximate surface area is 205 Å². The third-order valence-corrected chi connectivity index (χ3v) is 7.15. The van der Waals surface area contributed by atoms with Crippen LogP contribution in [-0.2, 0) is 28.4 Å². The highest BCUT2D eigenvalue weighted by Crippen LogP contribution is 2.23. The maximum atomic E-state index is 12.7. The first-order chi connectivity index (χ1) is 16.6. The minimum absolute atomic E-state index is 0.0470. The number of rotatable bonds is 8. The fraction of sp³-hybridized carbons (Fsp3) is 0.269. The second kappa shape index (κ2) is 9.97. The van der Waals surface area contributed by atoms with Gasteiger partial charge in [0.15, 0.2) is 5.65 Å². The Balaban J connectivity index is 1.30. The minimum atomic E-state index is -3.64. The molecule has 0 spiro atoms. The summed E-state index contributed by atoms with van der Waals surface area (Å²) in [6.45, 7) is 6.79. The first-order valence-electron chi connectivity index (χ1n) is 11.4. The Morgan fingerprint density at radius 2 is 1.66 bits per heavy atom. The number of carbonyl (C=O) groups is 1. The molecule has 1 amide bonds. The van der Waals surface area contributed by atoms with Crippen LogP contribution in [0.1, 0.15) is 48.1 Å². The molecule has 0 aliphatic rings. The van der Waals surface area contributed by atoms with Crippen molar-refractivity contribution in [3.63, 3.8) is 0 Å². The predicted octanol–water partition coefficient (Wildman–Crippen LogP) is 3.48. The van der Waals surface area contributed by atoms with E-state index in [1.807, 2.05) is 40.9 Å². The van der Waals surface area contributed by atoms with Gasteiger partial charge in [-0.3, -0.25) is 9.20 Å². The fourth-order valence-electron chi connectivity index (χ4n) is 3.62. The molecule has 0 bridgehead atoms. The standard InChI is InChI=1S/C26H29N5O3S/c1-26(2,3)21-11-13-22(14-12-21)35(33,34)28-18-19-7-9-20(10-8-19)25(32)27-16-15-24-30-29-23-6-4-5-17-31(23)24/h4-14,17,28H,15-16,18H2,1-3H3,(H,27,32). The zero-order valence-corrected chi connectivity index (χ0v) is 20.8. The highest BCUT2D eigenvalue weighted by molar-refractivity contribution is 7.89. The second-order valence-electron chi connectivity index (χ2n) is 9.35. The minimum Gasteiger partial charge on any atom is -0.352 e. The molecule has 0 radical (unpaired) electrons. The van der Waals surface area contributed by atoms with Crippen LogP contribution in [0.25, 0.3) is 5.65 Å². The van der Waals surface area contributed by atoms with E-state index in [9.17, 15) is 13.2 Å². The van der Waals surface area contributed by atoms with Gasteiger partial charge in [0.05, 0.1) is 4.90 Å². The fourth-order valence-corrected chi connectivity index (χ4v) is 4.64. The van der Waals surface area contributed by atoms with E-state index in [2.05, 4.69) is 41.0 Å². The van der Waals surface area contributed by atoms with Crippen molar-refractivity contribution in [1.82, 2.24) is 24.6 Å². The zero-order valence-electron chi connectivity index (χ0n) is 20.0. The Morgan fingerprint density at radius 1 is 0.943 bits per heavy atom. The van der Waals surface area contributed by atoms with Gasteiger partial charge in [-0.15, -0.1) is 10.2 Å². The molecule has 0 aliphatic heterocycles. The maximum absolute atomic E-state index is 12.7. The summed E-state index contributed by atoms with van der Waals surface area (Å²) in [5.74, 6) is 0.571. The summed E-state index contributed by atoms with van der Waals surface area (Å²) in [6, 6.07) is 19.5. The number of amides is 1. The number of benzene rings is 2. The molecule has 4 rings (SSSR count). The quantitative estimate of drug-likeness (QED) is 0.393. The molecular formula is C26H29N5O3S. The Morgan fingerprint density at radius 3 is 2.34 bits per heavy atom. The van der Waals surface area contributed by atoms with Crippen LogP contribution < -0.4 is 10.0 Å². The lowest BCUT2D eigenvalue weighted by molar-refractivity contribution is 0.0954. The van der Waals surface area contributed by atoms with Gasteiger partial charge in [-0.25, -0.2) is 13.1 Å². The summed E-state index contributed by atoms with van der Waals surface area (Å²) >= 11 is 0. The van der Waals surface area contributed by atoms with Crippen LogP contribution in [0.2, 0.25) is 0 Å². The van der Waals surface area contributed by atoms with Crippen molar-refractivity contribution in [3.05, 3.63) is 95.4 Å². The van der Waals surface area contributed by atoms with Gasteiger partial charge in [0, 0.05) is 31.3 Å². The third-order valence-electron chi connectivity index (χ3n) is 5.73. The number of nitrogens with zero attached hydrogens (tertiary/aromatic N) is 3. The molecule has 0 saturated heterocycles. The van der Waals surface area contributed by atoms with E-state index in [-0.39, 0.29) is 22.8 Å². The van der Waals surface area contributed by atoms with Crippen molar-refractivity contribution in [2.24, 2.45) is 0 Å². The lowest BCUT2D eigenvalue weighted by Crippen LogP contribution is -2.26. The molecular weight excluding hydrogens is 462 g/mol.